The van der Waals surface area contributed by atoms with Crippen LogP contribution in [-0.4, -0.2) is 24.4 Å². The number of ether oxygens (including phenoxy) is 2. The molecule has 0 aliphatic carbocycles. The number of nitrogens with zero attached hydrogens (tertiary/aromatic N) is 1. The van der Waals surface area contributed by atoms with Gasteiger partial charge in [0.25, 0.3) is 0 Å². The average Bonchev–Trinajstić information content (AvgIpc) is 2.89. The predicted molar refractivity (Wildman–Crippen MR) is 65.5 cm³/mol. The second kappa shape index (κ2) is 5.25. The Balaban J connectivity index is 2.09. The van der Waals surface area contributed by atoms with Gasteiger partial charge in [-0.25, -0.2) is 0 Å². The van der Waals surface area contributed by atoms with Crippen LogP contribution in [0.15, 0.2) is 30.5 Å². The first-order chi connectivity index (χ1) is 8.31. The minimum atomic E-state index is 0.677. The Kier molecular flexibility index (Phi) is 3.49. The van der Waals surface area contributed by atoms with Crippen LogP contribution in [0.3, 0.4) is 0 Å². The number of H-pyrrole nitrogens is 1. The molecule has 0 bridgehead atoms. The lowest BCUT2D eigenvalue weighted by atomic mass is 10.2. The van der Waals surface area contributed by atoms with Crippen molar-refractivity contribution in [3.8, 4) is 11.5 Å². The van der Waals surface area contributed by atoms with Crippen molar-refractivity contribution in [3.05, 3.63) is 36.2 Å². The second-order valence-corrected chi connectivity index (χ2v) is 3.54. The van der Waals surface area contributed by atoms with Gasteiger partial charge in [0.15, 0.2) is 0 Å². The SMILES string of the molecule is COc1cc(NCc2ccn[nH]2)cc(OC)c1. The Morgan fingerprint density at radius 1 is 1.18 bits per heavy atom. The molecule has 0 saturated carbocycles. The molecular formula is C12H15N3O2. The monoisotopic (exact) mass is 233 g/mol. The van der Waals surface area contributed by atoms with Crippen molar-refractivity contribution >= 4 is 5.69 Å². The molecule has 0 aliphatic heterocycles. The first-order valence-corrected chi connectivity index (χ1v) is 5.27. The third kappa shape index (κ3) is 2.90. The van der Waals surface area contributed by atoms with Crippen molar-refractivity contribution in [2.75, 3.05) is 19.5 Å². The third-order valence-electron chi connectivity index (χ3n) is 2.39. The molecule has 1 aromatic heterocycles. The first kappa shape index (κ1) is 11.3. The smallest absolute Gasteiger partial charge is 0.124 e. The van der Waals surface area contributed by atoms with Gasteiger partial charge in [-0.2, -0.15) is 5.10 Å². The molecule has 0 saturated heterocycles. The zero-order chi connectivity index (χ0) is 12.1. The number of methoxy groups -OCH3 is 2. The standard InChI is InChI=1S/C12H15N3O2/c1-16-11-5-10(6-12(7-11)17-2)13-8-9-3-4-14-15-9/h3-7,13H,8H2,1-2H3,(H,14,15). The highest BCUT2D eigenvalue weighted by atomic mass is 16.5. The van der Waals surface area contributed by atoms with Crippen LogP contribution in [-0.2, 0) is 6.54 Å². The van der Waals surface area contributed by atoms with E-state index in [-0.39, 0.29) is 0 Å². The number of nitrogens with one attached hydrogen (secondary N) is 2. The Morgan fingerprint density at radius 2 is 1.88 bits per heavy atom. The van der Waals surface area contributed by atoms with Crippen molar-refractivity contribution in [2.24, 2.45) is 0 Å². The molecule has 2 aromatic rings. The molecule has 0 spiro atoms. The van der Waals surface area contributed by atoms with E-state index in [1.165, 1.54) is 0 Å². The van der Waals surface area contributed by atoms with E-state index in [2.05, 4.69) is 15.5 Å². The maximum atomic E-state index is 5.19. The van der Waals surface area contributed by atoms with Crippen molar-refractivity contribution < 1.29 is 9.47 Å². The lowest BCUT2D eigenvalue weighted by Gasteiger charge is -2.09. The molecule has 0 aliphatic rings. The molecule has 0 unspecified atom stereocenters. The molecule has 1 heterocycles. The summed E-state index contributed by atoms with van der Waals surface area (Å²) in [7, 11) is 3.26. The van der Waals surface area contributed by atoms with Gasteiger partial charge in [-0.3, -0.25) is 5.10 Å². The molecule has 0 amide bonds. The lowest BCUT2D eigenvalue weighted by Crippen LogP contribution is -2.00. The number of anilines is 1. The molecule has 5 nitrogen and oxygen atoms in total. The molecule has 2 rings (SSSR count). The maximum absolute atomic E-state index is 5.19. The molecular weight excluding hydrogens is 218 g/mol. The highest BCUT2D eigenvalue weighted by Crippen LogP contribution is 2.25. The number of rotatable bonds is 5. The molecule has 2 N–H and O–H groups in total. The molecule has 0 atom stereocenters. The highest BCUT2D eigenvalue weighted by molar-refractivity contribution is 5.53. The van der Waals surface area contributed by atoms with Gasteiger partial charge in [0.05, 0.1) is 26.5 Å². The second-order valence-electron chi connectivity index (χ2n) is 3.54. The van der Waals surface area contributed by atoms with E-state index in [4.69, 9.17) is 9.47 Å². The number of aromatic nitrogens is 2. The largest absolute Gasteiger partial charge is 0.497 e. The van der Waals surface area contributed by atoms with Crippen molar-refractivity contribution in [1.29, 1.82) is 0 Å². The van der Waals surface area contributed by atoms with Crippen LogP contribution in [0, 0.1) is 0 Å². The summed E-state index contributed by atoms with van der Waals surface area (Å²) in [5, 5.41) is 10.0. The van der Waals surface area contributed by atoms with Crippen LogP contribution in [0.25, 0.3) is 0 Å². The minimum Gasteiger partial charge on any atom is -0.497 e. The molecule has 17 heavy (non-hydrogen) atoms. The van der Waals surface area contributed by atoms with Crippen LogP contribution in [0.2, 0.25) is 0 Å². The first-order valence-electron chi connectivity index (χ1n) is 5.27. The molecule has 1 aromatic carbocycles. The summed E-state index contributed by atoms with van der Waals surface area (Å²) in [4.78, 5) is 0. The summed E-state index contributed by atoms with van der Waals surface area (Å²) in [5.74, 6) is 1.52. The summed E-state index contributed by atoms with van der Waals surface area (Å²) < 4.78 is 10.4. The van der Waals surface area contributed by atoms with Crippen LogP contribution < -0.4 is 14.8 Å². The Morgan fingerprint density at radius 3 is 2.41 bits per heavy atom. The van der Waals surface area contributed by atoms with E-state index in [1.54, 1.807) is 20.4 Å². The normalized spacial score (nSPS) is 10.0. The molecule has 0 fully saturated rings. The van der Waals surface area contributed by atoms with Crippen LogP contribution >= 0.6 is 0 Å². The highest BCUT2D eigenvalue weighted by Gasteiger charge is 2.01. The Labute approximate surface area is 99.8 Å². The fraction of sp³-hybridized carbons (Fsp3) is 0.250. The van der Waals surface area contributed by atoms with Crippen LogP contribution in [0.1, 0.15) is 5.69 Å². The van der Waals surface area contributed by atoms with Gasteiger partial charge in [-0.05, 0) is 6.07 Å². The van der Waals surface area contributed by atoms with E-state index in [1.807, 2.05) is 24.3 Å². The molecule has 5 heteroatoms. The fourth-order valence-corrected chi connectivity index (χ4v) is 1.49. The molecule has 0 radical (unpaired) electrons. The van der Waals surface area contributed by atoms with Crippen molar-refractivity contribution in [3.63, 3.8) is 0 Å². The van der Waals surface area contributed by atoms with Crippen molar-refractivity contribution in [1.82, 2.24) is 10.2 Å². The van der Waals surface area contributed by atoms with Gasteiger partial charge in [-0.15, -0.1) is 0 Å². The van der Waals surface area contributed by atoms with Gasteiger partial charge in [0, 0.05) is 30.1 Å². The van der Waals surface area contributed by atoms with E-state index < -0.39 is 0 Å². The number of aromatic amines is 1. The topological polar surface area (TPSA) is 59.2 Å². The number of hydrogen-bond donors (Lipinski definition) is 2. The summed E-state index contributed by atoms with van der Waals surface area (Å²) in [6.07, 6.45) is 1.73. The zero-order valence-corrected chi connectivity index (χ0v) is 9.86. The van der Waals surface area contributed by atoms with Gasteiger partial charge < -0.3 is 14.8 Å². The van der Waals surface area contributed by atoms with Gasteiger partial charge in [0.1, 0.15) is 11.5 Å². The summed E-state index contributed by atoms with van der Waals surface area (Å²) in [6, 6.07) is 7.59. The quantitative estimate of drug-likeness (QED) is 0.829. The summed E-state index contributed by atoms with van der Waals surface area (Å²) in [6.45, 7) is 0.677. The Hall–Kier alpha value is -2.17. The minimum absolute atomic E-state index is 0.677. The van der Waals surface area contributed by atoms with E-state index in [9.17, 15) is 0 Å². The van der Waals surface area contributed by atoms with E-state index in [0.717, 1.165) is 22.9 Å². The number of hydrogen-bond acceptors (Lipinski definition) is 4. The summed E-state index contributed by atoms with van der Waals surface area (Å²) in [5.41, 5.74) is 1.96. The van der Waals surface area contributed by atoms with Gasteiger partial charge >= 0.3 is 0 Å². The predicted octanol–water partition coefficient (Wildman–Crippen LogP) is 2.04. The zero-order valence-electron chi connectivity index (χ0n) is 9.86. The van der Waals surface area contributed by atoms with Gasteiger partial charge in [0.2, 0.25) is 0 Å². The fourth-order valence-electron chi connectivity index (χ4n) is 1.49. The van der Waals surface area contributed by atoms with Crippen molar-refractivity contribution in [2.45, 2.75) is 6.54 Å². The molecule has 90 valence electrons. The summed E-state index contributed by atoms with van der Waals surface area (Å²) >= 11 is 0. The number of benzene rings is 1. The lowest BCUT2D eigenvalue weighted by molar-refractivity contribution is 0.394. The van der Waals surface area contributed by atoms with Crippen LogP contribution in [0.5, 0.6) is 11.5 Å². The van der Waals surface area contributed by atoms with Gasteiger partial charge in [-0.1, -0.05) is 0 Å². The van der Waals surface area contributed by atoms with Crippen LogP contribution in [0.4, 0.5) is 5.69 Å². The average molecular weight is 233 g/mol. The van der Waals surface area contributed by atoms with E-state index >= 15 is 0 Å². The Bertz CT molecular complexity index is 446. The maximum Gasteiger partial charge on any atom is 0.124 e. The van der Waals surface area contributed by atoms with E-state index in [0.29, 0.717) is 6.54 Å². The third-order valence-corrected chi connectivity index (χ3v) is 2.39.